The molecule has 6 nitrogen and oxygen atoms in total. The van der Waals surface area contributed by atoms with Crippen LogP contribution in [0.4, 0.5) is 0 Å². The van der Waals surface area contributed by atoms with E-state index in [1.165, 1.54) is 11.1 Å². The second-order valence-electron chi connectivity index (χ2n) is 10.7. The quantitative estimate of drug-likeness (QED) is 0.162. The number of carbonyl (C=O) groups is 1. The highest BCUT2D eigenvalue weighted by Crippen LogP contribution is 2.34. The molecule has 9 heteroatoms. The molecule has 4 aromatic rings. The zero-order chi connectivity index (χ0) is 30.2. The van der Waals surface area contributed by atoms with Gasteiger partial charge in [-0.3, -0.25) is 9.69 Å². The first kappa shape index (κ1) is 33.3. The molecule has 230 valence electrons. The number of amides is 1. The molecule has 5 rings (SSSR count). The van der Waals surface area contributed by atoms with E-state index >= 15 is 0 Å². The number of carbonyl (C=O) groups excluding carboxylic acids is 1. The molecule has 0 radical (unpaired) electrons. The maximum atomic E-state index is 12.9. The van der Waals surface area contributed by atoms with Crippen LogP contribution >= 0.6 is 35.6 Å². The summed E-state index contributed by atoms with van der Waals surface area (Å²) in [6.07, 6.45) is 5.82. The SMILES string of the molecule is Cc1ccc(CN2CCN(C(=O)C=Cc3cc(C)c(Oc4ccc(OCCc5ccc(Cl)cc5)cn4)c(Cl)c3)CC2)cc1.Cl. The number of ether oxygens (including phenoxy) is 2. The first-order valence-corrected chi connectivity index (χ1v) is 15.1. The van der Waals surface area contributed by atoms with Crippen LogP contribution in [-0.4, -0.2) is 53.5 Å². The Bertz CT molecular complexity index is 1530. The number of hydrogen-bond donors (Lipinski definition) is 0. The summed E-state index contributed by atoms with van der Waals surface area (Å²) in [5, 5.41) is 1.16. The molecule has 0 unspecified atom stereocenters. The van der Waals surface area contributed by atoms with Crippen molar-refractivity contribution in [2.45, 2.75) is 26.8 Å². The second kappa shape index (κ2) is 16.0. The van der Waals surface area contributed by atoms with Crippen LogP contribution in [0.1, 0.15) is 27.8 Å². The van der Waals surface area contributed by atoms with Crippen molar-refractivity contribution in [1.82, 2.24) is 14.8 Å². The van der Waals surface area contributed by atoms with E-state index in [1.54, 1.807) is 30.5 Å². The second-order valence-corrected chi connectivity index (χ2v) is 11.6. The summed E-state index contributed by atoms with van der Waals surface area (Å²) in [6.45, 7) is 8.58. The highest BCUT2D eigenvalue weighted by Gasteiger charge is 2.20. The summed E-state index contributed by atoms with van der Waals surface area (Å²) in [5.74, 6) is 1.60. The van der Waals surface area contributed by atoms with Crippen molar-refractivity contribution in [3.8, 4) is 17.4 Å². The van der Waals surface area contributed by atoms with Gasteiger partial charge in [-0.15, -0.1) is 12.4 Å². The lowest BCUT2D eigenvalue weighted by Crippen LogP contribution is -2.47. The standard InChI is InChI=1S/C35H35Cl2N3O3.ClH/c1-25-3-5-28(6-4-25)24-39-16-18-40(19-17-39)34(41)14-9-29-21-26(2)35(32(37)22-29)43-33-13-12-31(23-38-33)42-20-15-27-7-10-30(36)11-8-27;/h3-14,21-23H,15-20,24H2,1-2H3;1H. The molecule has 1 amide bonds. The van der Waals surface area contributed by atoms with E-state index in [0.717, 1.165) is 47.8 Å². The van der Waals surface area contributed by atoms with Crippen LogP contribution < -0.4 is 9.47 Å². The van der Waals surface area contributed by atoms with Crippen molar-refractivity contribution in [3.05, 3.63) is 123 Å². The van der Waals surface area contributed by atoms with E-state index in [2.05, 4.69) is 41.1 Å². The number of hydrogen-bond acceptors (Lipinski definition) is 5. The smallest absolute Gasteiger partial charge is 0.246 e. The minimum Gasteiger partial charge on any atom is -0.492 e. The lowest BCUT2D eigenvalue weighted by Gasteiger charge is -2.34. The molecule has 1 aromatic heterocycles. The molecule has 1 aliphatic rings. The highest BCUT2D eigenvalue weighted by atomic mass is 35.5. The number of piperazine rings is 1. The molecule has 0 aliphatic carbocycles. The van der Waals surface area contributed by atoms with Crippen LogP contribution in [0.3, 0.4) is 0 Å². The molecule has 44 heavy (non-hydrogen) atoms. The van der Waals surface area contributed by atoms with Crippen molar-refractivity contribution in [1.29, 1.82) is 0 Å². The fraction of sp³-hybridized carbons (Fsp3) is 0.257. The van der Waals surface area contributed by atoms with Gasteiger partial charge in [0.15, 0.2) is 5.75 Å². The molecular weight excluding hydrogens is 617 g/mol. The molecule has 1 saturated heterocycles. The van der Waals surface area contributed by atoms with Crippen molar-refractivity contribution >= 4 is 47.6 Å². The van der Waals surface area contributed by atoms with Gasteiger partial charge in [0.25, 0.3) is 0 Å². The van der Waals surface area contributed by atoms with Crippen LogP contribution in [0, 0.1) is 13.8 Å². The predicted molar refractivity (Wildman–Crippen MR) is 180 cm³/mol. The Morgan fingerprint density at radius 1 is 0.909 bits per heavy atom. The molecule has 3 aromatic carbocycles. The zero-order valence-electron chi connectivity index (χ0n) is 24.8. The van der Waals surface area contributed by atoms with Crippen molar-refractivity contribution < 1.29 is 14.3 Å². The summed E-state index contributed by atoms with van der Waals surface area (Å²) in [7, 11) is 0. The van der Waals surface area contributed by atoms with Crippen LogP contribution in [0.2, 0.25) is 10.0 Å². The largest absolute Gasteiger partial charge is 0.492 e. The van der Waals surface area contributed by atoms with Crippen LogP contribution in [0.15, 0.2) is 85.1 Å². The van der Waals surface area contributed by atoms with Crippen molar-refractivity contribution in [2.75, 3.05) is 32.8 Å². The lowest BCUT2D eigenvalue weighted by molar-refractivity contribution is -0.127. The van der Waals surface area contributed by atoms with Crippen molar-refractivity contribution in [3.63, 3.8) is 0 Å². The monoisotopic (exact) mass is 651 g/mol. The van der Waals surface area contributed by atoms with E-state index in [0.29, 0.717) is 42.1 Å². The molecule has 0 spiro atoms. The summed E-state index contributed by atoms with van der Waals surface area (Å²) < 4.78 is 11.8. The number of benzene rings is 3. The van der Waals surface area contributed by atoms with E-state index < -0.39 is 0 Å². The van der Waals surface area contributed by atoms with Gasteiger partial charge in [-0.2, -0.15) is 0 Å². The van der Waals surface area contributed by atoms with Crippen molar-refractivity contribution in [2.24, 2.45) is 0 Å². The number of nitrogens with zero attached hydrogens (tertiary/aromatic N) is 3. The summed E-state index contributed by atoms with van der Waals surface area (Å²) in [4.78, 5) is 21.5. The maximum Gasteiger partial charge on any atom is 0.246 e. The summed E-state index contributed by atoms with van der Waals surface area (Å²) >= 11 is 12.5. The van der Waals surface area contributed by atoms with Gasteiger partial charge in [0.05, 0.1) is 17.8 Å². The van der Waals surface area contributed by atoms with E-state index in [9.17, 15) is 4.79 Å². The Kier molecular flexibility index (Phi) is 12.1. The minimum absolute atomic E-state index is 0. The predicted octanol–water partition coefficient (Wildman–Crippen LogP) is 8.20. The Labute approximate surface area is 275 Å². The Morgan fingerprint density at radius 3 is 2.27 bits per heavy atom. The Hall–Kier alpha value is -3.55. The number of rotatable bonds is 10. The van der Waals surface area contributed by atoms with Crippen LogP contribution in [-0.2, 0) is 17.8 Å². The van der Waals surface area contributed by atoms with Gasteiger partial charge in [-0.1, -0.05) is 65.2 Å². The van der Waals surface area contributed by atoms with Gasteiger partial charge in [-0.05, 0) is 72.5 Å². The average molecular weight is 653 g/mol. The summed E-state index contributed by atoms with van der Waals surface area (Å²) in [5.41, 5.74) is 5.39. The van der Waals surface area contributed by atoms with Gasteiger partial charge < -0.3 is 14.4 Å². The van der Waals surface area contributed by atoms with Gasteiger partial charge in [0.1, 0.15) is 5.75 Å². The molecule has 1 aliphatic heterocycles. The number of aromatic nitrogens is 1. The molecule has 2 heterocycles. The van der Waals surface area contributed by atoms with E-state index in [4.69, 9.17) is 32.7 Å². The molecule has 0 saturated carbocycles. The maximum absolute atomic E-state index is 12.9. The molecule has 0 atom stereocenters. The first-order valence-electron chi connectivity index (χ1n) is 14.4. The Morgan fingerprint density at radius 2 is 1.61 bits per heavy atom. The van der Waals surface area contributed by atoms with Crippen LogP contribution in [0.25, 0.3) is 6.08 Å². The lowest BCUT2D eigenvalue weighted by atomic mass is 10.1. The Balaban J connectivity index is 0.00000442. The minimum atomic E-state index is 0. The van der Waals surface area contributed by atoms with Gasteiger partial charge in [0.2, 0.25) is 11.8 Å². The number of pyridine rings is 1. The first-order chi connectivity index (χ1) is 20.8. The van der Waals surface area contributed by atoms with Crippen LogP contribution in [0.5, 0.6) is 17.4 Å². The normalized spacial score (nSPS) is 13.5. The fourth-order valence-corrected chi connectivity index (χ4v) is 5.33. The molecule has 0 bridgehead atoms. The zero-order valence-corrected chi connectivity index (χ0v) is 27.2. The third kappa shape index (κ3) is 9.47. The highest BCUT2D eigenvalue weighted by molar-refractivity contribution is 6.32. The third-order valence-corrected chi connectivity index (χ3v) is 7.90. The number of aryl methyl sites for hydroxylation is 2. The summed E-state index contributed by atoms with van der Waals surface area (Å²) in [6, 6.07) is 23.7. The molecule has 0 N–H and O–H groups in total. The van der Waals surface area contributed by atoms with Gasteiger partial charge in [0, 0.05) is 56.3 Å². The third-order valence-electron chi connectivity index (χ3n) is 7.37. The fourth-order valence-electron chi connectivity index (χ4n) is 4.89. The molecular formula is C35H36Cl3N3O3. The average Bonchev–Trinajstić information content (AvgIpc) is 3.01. The number of halogens is 3. The topological polar surface area (TPSA) is 54.9 Å². The van der Waals surface area contributed by atoms with E-state index in [-0.39, 0.29) is 18.3 Å². The van der Waals surface area contributed by atoms with E-state index in [1.807, 2.05) is 48.2 Å². The van der Waals surface area contributed by atoms with Gasteiger partial charge >= 0.3 is 0 Å². The van der Waals surface area contributed by atoms with Gasteiger partial charge in [-0.25, -0.2) is 4.98 Å². The molecule has 1 fully saturated rings.